The second kappa shape index (κ2) is 4.94. The molecular weight excluding hydrogens is 260 g/mol. The zero-order valence-electron chi connectivity index (χ0n) is 11.4. The molecule has 0 aromatic heterocycles. The second-order valence-corrected chi connectivity index (χ2v) is 5.59. The molecule has 3 rings (SSSR count). The summed E-state index contributed by atoms with van der Waals surface area (Å²) in [6, 6.07) is 4.94. The van der Waals surface area contributed by atoms with Crippen molar-refractivity contribution in [3.05, 3.63) is 28.3 Å². The molecule has 0 bridgehead atoms. The zero-order valence-corrected chi connectivity index (χ0v) is 11.4. The van der Waals surface area contributed by atoms with Gasteiger partial charge in [0.2, 0.25) is 0 Å². The summed E-state index contributed by atoms with van der Waals surface area (Å²) < 4.78 is 5.05. The number of benzene rings is 1. The molecule has 1 saturated heterocycles. The third-order valence-corrected chi connectivity index (χ3v) is 4.54. The molecular formula is C14H18N2O4. The molecule has 1 aromatic carbocycles. The van der Waals surface area contributed by atoms with Gasteiger partial charge < -0.3 is 14.7 Å². The molecule has 20 heavy (non-hydrogen) atoms. The number of nitrogens with zero attached hydrogens (tertiary/aromatic N) is 2. The summed E-state index contributed by atoms with van der Waals surface area (Å²) in [6.07, 6.45) is 1.60. The van der Waals surface area contributed by atoms with Crippen molar-refractivity contribution in [2.24, 2.45) is 11.8 Å². The van der Waals surface area contributed by atoms with Crippen LogP contribution in [0.5, 0.6) is 5.75 Å². The van der Waals surface area contributed by atoms with E-state index in [-0.39, 0.29) is 22.6 Å². The Labute approximate surface area is 117 Å². The SMILES string of the molecule is COc1ccc(N2CC3CCC(O)C3C2)c([N+](=O)[O-])c1. The number of fused-ring (bicyclic) bond motifs is 1. The van der Waals surface area contributed by atoms with Crippen molar-refractivity contribution in [2.75, 3.05) is 25.1 Å². The minimum Gasteiger partial charge on any atom is -0.496 e. The maximum absolute atomic E-state index is 11.2. The van der Waals surface area contributed by atoms with Crippen LogP contribution in [0.3, 0.4) is 0 Å². The number of ether oxygens (including phenoxy) is 1. The van der Waals surface area contributed by atoms with Crippen LogP contribution in [0.1, 0.15) is 12.8 Å². The Morgan fingerprint density at radius 2 is 2.20 bits per heavy atom. The first-order chi connectivity index (χ1) is 9.60. The monoisotopic (exact) mass is 278 g/mol. The van der Waals surface area contributed by atoms with Crippen molar-refractivity contribution in [2.45, 2.75) is 18.9 Å². The summed E-state index contributed by atoms with van der Waals surface area (Å²) in [4.78, 5) is 12.9. The van der Waals surface area contributed by atoms with Crippen LogP contribution in [0.25, 0.3) is 0 Å². The summed E-state index contributed by atoms with van der Waals surface area (Å²) in [7, 11) is 1.50. The number of hydrogen-bond donors (Lipinski definition) is 1. The molecule has 0 radical (unpaired) electrons. The van der Waals surface area contributed by atoms with Crippen LogP contribution < -0.4 is 9.64 Å². The number of hydrogen-bond acceptors (Lipinski definition) is 5. The molecule has 1 aromatic rings. The summed E-state index contributed by atoms with van der Waals surface area (Å²) in [5, 5.41) is 21.2. The summed E-state index contributed by atoms with van der Waals surface area (Å²) in [6.45, 7) is 1.48. The van der Waals surface area contributed by atoms with Crippen molar-refractivity contribution in [1.82, 2.24) is 0 Å². The van der Waals surface area contributed by atoms with Crippen LogP contribution in [0.15, 0.2) is 18.2 Å². The molecule has 6 heteroatoms. The average Bonchev–Trinajstić information content (AvgIpc) is 3.00. The molecule has 1 N–H and O–H groups in total. The third kappa shape index (κ3) is 2.10. The van der Waals surface area contributed by atoms with Crippen LogP contribution in [0.4, 0.5) is 11.4 Å². The van der Waals surface area contributed by atoms with Gasteiger partial charge in [-0.3, -0.25) is 10.1 Å². The van der Waals surface area contributed by atoms with Gasteiger partial charge in [0, 0.05) is 19.0 Å². The van der Waals surface area contributed by atoms with Crippen molar-refractivity contribution in [3.63, 3.8) is 0 Å². The predicted octanol–water partition coefficient (Wildman–Crippen LogP) is 1.81. The standard InChI is InChI=1S/C14H18N2O4/c1-20-10-3-4-12(13(6-10)16(18)19)15-7-9-2-5-14(17)11(9)8-15/h3-4,6,9,11,14,17H,2,5,7-8H2,1H3. The molecule has 6 nitrogen and oxygen atoms in total. The maximum atomic E-state index is 11.2. The predicted molar refractivity (Wildman–Crippen MR) is 74.1 cm³/mol. The Hall–Kier alpha value is -1.82. The van der Waals surface area contributed by atoms with Gasteiger partial charge in [-0.25, -0.2) is 0 Å². The fraction of sp³-hybridized carbons (Fsp3) is 0.571. The second-order valence-electron chi connectivity index (χ2n) is 5.59. The highest BCUT2D eigenvalue weighted by Crippen LogP contribution is 2.42. The lowest BCUT2D eigenvalue weighted by Gasteiger charge is -2.20. The molecule has 1 saturated carbocycles. The zero-order chi connectivity index (χ0) is 14.3. The van der Waals surface area contributed by atoms with Gasteiger partial charge in [-0.1, -0.05) is 0 Å². The van der Waals surface area contributed by atoms with E-state index < -0.39 is 0 Å². The van der Waals surface area contributed by atoms with Gasteiger partial charge in [0.05, 0.1) is 24.2 Å². The Balaban J connectivity index is 1.89. The number of nitro groups is 1. The summed E-state index contributed by atoms with van der Waals surface area (Å²) in [5.41, 5.74) is 0.691. The van der Waals surface area contributed by atoms with Crippen LogP contribution >= 0.6 is 0 Å². The van der Waals surface area contributed by atoms with Crippen LogP contribution in [0.2, 0.25) is 0 Å². The molecule has 1 heterocycles. The first-order valence-electron chi connectivity index (χ1n) is 6.85. The van der Waals surface area contributed by atoms with E-state index in [0.29, 0.717) is 23.9 Å². The van der Waals surface area contributed by atoms with E-state index in [4.69, 9.17) is 4.74 Å². The van der Waals surface area contributed by atoms with E-state index in [9.17, 15) is 15.2 Å². The van der Waals surface area contributed by atoms with Gasteiger partial charge in [-0.15, -0.1) is 0 Å². The van der Waals surface area contributed by atoms with Crippen LogP contribution in [-0.4, -0.2) is 36.3 Å². The minimum absolute atomic E-state index is 0.0683. The number of nitro benzene ring substituents is 1. The molecule has 1 aliphatic carbocycles. The molecule has 3 unspecified atom stereocenters. The van der Waals surface area contributed by atoms with Gasteiger partial charge in [-0.2, -0.15) is 0 Å². The van der Waals surface area contributed by atoms with E-state index in [0.717, 1.165) is 19.4 Å². The molecule has 0 spiro atoms. The van der Waals surface area contributed by atoms with Crippen LogP contribution in [0, 0.1) is 22.0 Å². The fourth-order valence-electron chi connectivity index (χ4n) is 3.48. The van der Waals surface area contributed by atoms with Crippen molar-refractivity contribution in [3.8, 4) is 5.75 Å². The average molecular weight is 278 g/mol. The molecule has 2 aliphatic rings. The van der Waals surface area contributed by atoms with E-state index in [1.165, 1.54) is 13.2 Å². The number of methoxy groups -OCH3 is 1. The highest BCUT2D eigenvalue weighted by molar-refractivity contribution is 5.66. The summed E-state index contributed by atoms with van der Waals surface area (Å²) in [5.74, 6) is 1.18. The smallest absolute Gasteiger partial charge is 0.296 e. The van der Waals surface area contributed by atoms with Crippen molar-refractivity contribution < 1.29 is 14.8 Å². The third-order valence-electron chi connectivity index (χ3n) is 4.54. The highest BCUT2D eigenvalue weighted by Gasteiger charge is 2.43. The van der Waals surface area contributed by atoms with Crippen molar-refractivity contribution >= 4 is 11.4 Å². The number of rotatable bonds is 3. The lowest BCUT2D eigenvalue weighted by molar-refractivity contribution is -0.384. The maximum Gasteiger partial charge on any atom is 0.296 e. The normalized spacial score (nSPS) is 28.5. The van der Waals surface area contributed by atoms with Gasteiger partial charge >= 0.3 is 0 Å². The molecule has 1 aliphatic heterocycles. The number of anilines is 1. The van der Waals surface area contributed by atoms with E-state index in [1.54, 1.807) is 12.1 Å². The topological polar surface area (TPSA) is 75.8 Å². The molecule has 3 atom stereocenters. The number of aliphatic hydroxyl groups excluding tert-OH is 1. The Morgan fingerprint density at radius 1 is 1.40 bits per heavy atom. The Morgan fingerprint density at radius 3 is 2.85 bits per heavy atom. The van der Waals surface area contributed by atoms with E-state index >= 15 is 0 Å². The number of aliphatic hydroxyl groups is 1. The van der Waals surface area contributed by atoms with E-state index in [1.807, 2.05) is 4.90 Å². The van der Waals surface area contributed by atoms with Gasteiger partial charge in [0.15, 0.2) is 0 Å². The van der Waals surface area contributed by atoms with Gasteiger partial charge in [0.1, 0.15) is 11.4 Å². The minimum atomic E-state index is -0.373. The first-order valence-corrected chi connectivity index (χ1v) is 6.85. The molecule has 2 fully saturated rings. The fourth-order valence-corrected chi connectivity index (χ4v) is 3.48. The van der Waals surface area contributed by atoms with Crippen molar-refractivity contribution in [1.29, 1.82) is 0 Å². The quantitative estimate of drug-likeness (QED) is 0.674. The Kier molecular flexibility index (Phi) is 3.25. The lowest BCUT2D eigenvalue weighted by atomic mass is 10.00. The Bertz CT molecular complexity index is 534. The lowest BCUT2D eigenvalue weighted by Crippen LogP contribution is -2.25. The highest BCUT2D eigenvalue weighted by atomic mass is 16.6. The van der Waals surface area contributed by atoms with Gasteiger partial charge in [-0.05, 0) is 30.9 Å². The molecule has 108 valence electrons. The first kappa shape index (κ1) is 13.2. The van der Waals surface area contributed by atoms with E-state index in [2.05, 4.69) is 0 Å². The van der Waals surface area contributed by atoms with Crippen LogP contribution in [-0.2, 0) is 0 Å². The molecule has 0 amide bonds. The van der Waals surface area contributed by atoms with Gasteiger partial charge in [0.25, 0.3) is 5.69 Å². The summed E-state index contributed by atoms with van der Waals surface area (Å²) >= 11 is 0. The largest absolute Gasteiger partial charge is 0.496 e.